The molecule has 0 unspecified atom stereocenters. The monoisotopic (exact) mass is 279 g/mol. The fraction of sp³-hybridized carbons (Fsp3) is 0.467. The van der Waals surface area contributed by atoms with Gasteiger partial charge in [0.2, 0.25) is 10.0 Å². The van der Waals surface area contributed by atoms with Crippen molar-refractivity contribution in [3.05, 3.63) is 42.5 Å². The van der Waals surface area contributed by atoms with Crippen molar-refractivity contribution in [2.45, 2.75) is 43.5 Å². The molecule has 1 N–H and O–H groups in total. The van der Waals surface area contributed by atoms with E-state index in [1.54, 1.807) is 24.3 Å². The maximum Gasteiger partial charge on any atom is 0.240 e. The standard InChI is InChI=1S/C15H21NO2S/c1-12(2)13-8-10-14(11-9-13)16-19(17,18)15-6-4-3-5-7-15/h3-7,13-14,16H,1,8-11H2,2H3. The first kappa shape index (κ1) is 14.3. The number of nitrogens with one attached hydrogen (secondary N) is 1. The molecule has 0 amide bonds. The molecule has 104 valence electrons. The molecule has 1 fully saturated rings. The van der Waals surface area contributed by atoms with E-state index in [9.17, 15) is 8.42 Å². The Kier molecular flexibility index (Phi) is 4.42. The van der Waals surface area contributed by atoms with Gasteiger partial charge in [0.1, 0.15) is 0 Å². The molecule has 0 atom stereocenters. The summed E-state index contributed by atoms with van der Waals surface area (Å²) in [5, 5.41) is 0. The quantitative estimate of drug-likeness (QED) is 0.861. The predicted octanol–water partition coefficient (Wildman–Crippen LogP) is 3.10. The minimum atomic E-state index is -3.37. The molecule has 1 aromatic rings. The first-order valence-corrected chi connectivity index (χ1v) is 8.20. The Morgan fingerprint density at radius 3 is 2.26 bits per heavy atom. The minimum absolute atomic E-state index is 0.0563. The van der Waals surface area contributed by atoms with E-state index in [0.717, 1.165) is 25.7 Å². The topological polar surface area (TPSA) is 46.2 Å². The van der Waals surface area contributed by atoms with E-state index in [-0.39, 0.29) is 6.04 Å². The zero-order chi connectivity index (χ0) is 13.9. The summed E-state index contributed by atoms with van der Waals surface area (Å²) >= 11 is 0. The van der Waals surface area contributed by atoms with Gasteiger partial charge in [-0.2, -0.15) is 0 Å². The molecule has 0 radical (unpaired) electrons. The second-order valence-corrected chi connectivity index (χ2v) is 7.04. The molecule has 19 heavy (non-hydrogen) atoms. The molecule has 2 rings (SSSR count). The van der Waals surface area contributed by atoms with Crippen LogP contribution in [0.3, 0.4) is 0 Å². The molecule has 0 aromatic heterocycles. The van der Waals surface area contributed by atoms with Crippen molar-refractivity contribution in [1.82, 2.24) is 4.72 Å². The molecular formula is C15H21NO2S. The lowest BCUT2D eigenvalue weighted by molar-refractivity contribution is 0.346. The maximum absolute atomic E-state index is 12.2. The number of allylic oxidation sites excluding steroid dienone is 1. The molecule has 1 aliphatic rings. The van der Waals surface area contributed by atoms with E-state index >= 15 is 0 Å². The molecule has 0 heterocycles. The summed E-state index contributed by atoms with van der Waals surface area (Å²) in [7, 11) is -3.37. The Morgan fingerprint density at radius 1 is 1.16 bits per heavy atom. The maximum atomic E-state index is 12.2. The van der Waals surface area contributed by atoms with Crippen molar-refractivity contribution in [1.29, 1.82) is 0 Å². The minimum Gasteiger partial charge on any atom is -0.208 e. The molecular weight excluding hydrogens is 258 g/mol. The Balaban J connectivity index is 1.98. The Labute approximate surface area is 115 Å². The first-order chi connectivity index (χ1) is 8.99. The lowest BCUT2D eigenvalue weighted by Gasteiger charge is -2.29. The third-order valence-corrected chi connectivity index (χ3v) is 5.34. The Morgan fingerprint density at radius 2 is 1.74 bits per heavy atom. The fourth-order valence-corrected chi connectivity index (χ4v) is 3.92. The van der Waals surface area contributed by atoms with Gasteiger partial charge >= 0.3 is 0 Å². The van der Waals surface area contributed by atoms with Crippen LogP contribution in [0.1, 0.15) is 32.6 Å². The second kappa shape index (κ2) is 5.88. The highest BCUT2D eigenvalue weighted by Crippen LogP contribution is 2.29. The van der Waals surface area contributed by atoms with Crippen molar-refractivity contribution in [2.75, 3.05) is 0 Å². The Bertz CT molecular complexity index is 529. The van der Waals surface area contributed by atoms with E-state index in [1.165, 1.54) is 5.57 Å². The van der Waals surface area contributed by atoms with Crippen LogP contribution in [0.25, 0.3) is 0 Å². The number of hydrogen-bond acceptors (Lipinski definition) is 2. The lowest BCUT2D eigenvalue weighted by Crippen LogP contribution is -2.37. The van der Waals surface area contributed by atoms with Crippen molar-refractivity contribution < 1.29 is 8.42 Å². The number of hydrogen-bond donors (Lipinski definition) is 1. The van der Waals surface area contributed by atoms with Crippen molar-refractivity contribution in [3.63, 3.8) is 0 Å². The molecule has 1 aliphatic carbocycles. The zero-order valence-electron chi connectivity index (χ0n) is 11.3. The normalized spacial score (nSPS) is 24.1. The third-order valence-electron chi connectivity index (χ3n) is 3.80. The van der Waals surface area contributed by atoms with E-state index in [1.807, 2.05) is 6.07 Å². The van der Waals surface area contributed by atoms with Crippen molar-refractivity contribution in [3.8, 4) is 0 Å². The molecule has 1 aromatic carbocycles. The van der Waals surface area contributed by atoms with Gasteiger partial charge in [-0.3, -0.25) is 0 Å². The summed E-state index contributed by atoms with van der Waals surface area (Å²) in [5.41, 5.74) is 1.21. The molecule has 0 saturated heterocycles. The summed E-state index contributed by atoms with van der Waals surface area (Å²) in [6.07, 6.45) is 3.84. The average Bonchev–Trinajstić information content (AvgIpc) is 2.40. The van der Waals surface area contributed by atoms with Crippen molar-refractivity contribution >= 4 is 10.0 Å². The molecule has 1 saturated carbocycles. The molecule has 3 nitrogen and oxygen atoms in total. The van der Waals surface area contributed by atoms with Crippen molar-refractivity contribution in [2.24, 2.45) is 5.92 Å². The van der Waals surface area contributed by atoms with Crippen LogP contribution in [0.15, 0.2) is 47.4 Å². The highest BCUT2D eigenvalue weighted by molar-refractivity contribution is 7.89. The van der Waals surface area contributed by atoms with Crippen LogP contribution in [0.4, 0.5) is 0 Å². The molecule has 0 bridgehead atoms. The summed E-state index contributed by atoms with van der Waals surface area (Å²) < 4.78 is 27.2. The van der Waals surface area contributed by atoms with Gasteiger partial charge in [-0.25, -0.2) is 13.1 Å². The van der Waals surface area contributed by atoms with Crippen LogP contribution < -0.4 is 4.72 Å². The SMILES string of the molecule is C=C(C)C1CCC(NS(=O)(=O)c2ccccc2)CC1. The van der Waals surface area contributed by atoms with Crippen LogP contribution in [-0.4, -0.2) is 14.5 Å². The number of rotatable bonds is 4. The second-order valence-electron chi connectivity index (χ2n) is 5.33. The Hall–Kier alpha value is -1.13. The largest absolute Gasteiger partial charge is 0.240 e. The van der Waals surface area contributed by atoms with Crippen LogP contribution >= 0.6 is 0 Å². The van der Waals surface area contributed by atoms with Crippen LogP contribution in [0.5, 0.6) is 0 Å². The van der Waals surface area contributed by atoms with E-state index in [4.69, 9.17) is 0 Å². The molecule has 4 heteroatoms. The fourth-order valence-electron chi connectivity index (χ4n) is 2.59. The zero-order valence-corrected chi connectivity index (χ0v) is 12.1. The number of benzene rings is 1. The van der Waals surface area contributed by atoms with Gasteiger partial charge in [0.25, 0.3) is 0 Å². The highest BCUT2D eigenvalue weighted by Gasteiger charge is 2.25. The number of sulfonamides is 1. The van der Waals surface area contributed by atoms with Crippen LogP contribution in [-0.2, 0) is 10.0 Å². The van der Waals surface area contributed by atoms with E-state index in [0.29, 0.717) is 10.8 Å². The summed E-state index contributed by atoms with van der Waals surface area (Å²) in [6.45, 7) is 6.04. The van der Waals surface area contributed by atoms with Gasteiger partial charge in [-0.05, 0) is 50.7 Å². The predicted molar refractivity (Wildman–Crippen MR) is 77.3 cm³/mol. The van der Waals surface area contributed by atoms with Gasteiger partial charge in [0.15, 0.2) is 0 Å². The van der Waals surface area contributed by atoms with Gasteiger partial charge in [-0.15, -0.1) is 0 Å². The third kappa shape index (κ3) is 3.67. The van der Waals surface area contributed by atoms with Gasteiger partial charge < -0.3 is 0 Å². The average molecular weight is 279 g/mol. The lowest BCUT2D eigenvalue weighted by atomic mass is 9.83. The van der Waals surface area contributed by atoms with Crippen LogP contribution in [0, 0.1) is 5.92 Å². The van der Waals surface area contributed by atoms with Gasteiger partial charge in [0, 0.05) is 6.04 Å². The molecule has 0 spiro atoms. The highest BCUT2D eigenvalue weighted by atomic mass is 32.2. The van der Waals surface area contributed by atoms with Gasteiger partial charge in [-0.1, -0.05) is 30.4 Å². The van der Waals surface area contributed by atoms with Gasteiger partial charge in [0.05, 0.1) is 4.90 Å². The summed E-state index contributed by atoms with van der Waals surface area (Å²) in [6, 6.07) is 8.61. The smallest absolute Gasteiger partial charge is 0.208 e. The van der Waals surface area contributed by atoms with E-state index in [2.05, 4.69) is 18.2 Å². The first-order valence-electron chi connectivity index (χ1n) is 6.72. The summed E-state index contributed by atoms with van der Waals surface area (Å²) in [5.74, 6) is 0.553. The van der Waals surface area contributed by atoms with E-state index < -0.39 is 10.0 Å². The van der Waals surface area contributed by atoms with Crippen LogP contribution in [0.2, 0.25) is 0 Å². The molecule has 0 aliphatic heterocycles. The summed E-state index contributed by atoms with van der Waals surface area (Å²) in [4.78, 5) is 0.344.